The van der Waals surface area contributed by atoms with Gasteiger partial charge in [-0.05, 0) is 41.8 Å². The second kappa shape index (κ2) is 8.85. The van der Waals surface area contributed by atoms with Crippen LogP contribution in [0.4, 0.5) is 11.4 Å². The molecule has 32 heavy (non-hydrogen) atoms. The fourth-order valence-corrected chi connectivity index (χ4v) is 3.75. The number of carbonyl (C=O) groups is 2. The quantitative estimate of drug-likeness (QED) is 0.323. The molecule has 160 valence electrons. The van der Waals surface area contributed by atoms with Crippen LogP contribution < -0.4 is 4.90 Å². The maximum absolute atomic E-state index is 13.4. The molecule has 0 saturated carbocycles. The Morgan fingerprint density at radius 2 is 1.44 bits per heavy atom. The standard InChI is InChI=1S/C25H21N3O4/c1-26(20-10-6-3-7-11-20)23-22(19-12-14-21(15-13-19)28(31)32)24(29)27(25(23)30)17-16-18-8-4-2-5-9-18/h2-15H,16-17H2,1H3. The summed E-state index contributed by atoms with van der Waals surface area (Å²) in [7, 11) is 1.74. The average Bonchev–Trinajstić information content (AvgIpc) is 3.08. The lowest BCUT2D eigenvalue weighted by Gasteiger charge is -2.21. The van der Waals surface area contributed by atoms with Crippen molar-refractivity contribution in [3.05, 3.63) is 112 Å². The van der Waals surface area contributed by atoms with Gasteiger partial charge in [0.1, 0.15) is 5.70 Å². The number of imide groups is 1. The van der Waals surface area contributed by atoms with E-state index in [1.165, 1.54) is 29.2 Å². The van der Waals surface area contributed by atoms with Crippen LogP contribution in [0.25, 0.3) is 5.57 Å². The van der Waals surface area contributed by atoms with Gasteiger partial charge in [-0.25, -0.2) is 0 Å². The Morgan fingerprint density at radius 3 is 2.03 bits per heavy atom. The molecular weight excluding hydrogens is 406 g/mol. The van der Waals surface area contributed by atoms with Gasteiger partial charge in [0.2, 0.25) is 0 Å². The first-order chi connectivity index (χ1) is 15.5. The molecule has 7 heteroatoms. The number of rotatable bonds is 7. The molecule has 0 spiro atoms. The van der Waals surface area contributed by atoms with Gasteiger partial charge in [-0.3, -0.25) is 24.6 Å². The molecule has 0 bridgehead atoms. The number of non-ortho nitro benzene ring substituents is 1. The Hall–Kier alpha value is -4.26. The van der Waals surface area contributed by atoms with E-state index in [-0.39, 0.29) is 29.4 Å². The Bertz CT molecular complexity index is 1190. The molecule has 0 N–H and O–H groups in total. The summed E-state index contributed by atoms with van der Waals surface area (Å²) in [5, 5.41) is 11.0. The van der Waals surface area contributed by atoms with E-state index < -0.39 is 10.8 Å². The number of benzene rings is 3. The Kier molecular flexibility index (Phi) is 5.81. The maximum Gasteiger partial charge on any atom is 0.278 e. The average molecular weight is 427 g/mol. The number of nitro benzene ring substituents is 1. The third-order valence-corrected chi connectivity index (χ3v) is 5.46. The minimum absolute atomic E-state index is 0.0787. The molecule has 3 aromatic carbocycles. The van der Waals surface area contributed by atoms with Gasteiger partial charge in [0.05, 0.1) is 10.5 Å². The van der Waals surface area contributed by atoms with E-state index in [1.54, 1.807) is 11.9 Å². The van der Waals surface area contributed by atoms with Gasteiger partial charge >= 0.3 is 0 Å². The number of anilines is 1. The number of carbonyl (C=O) groups excluding carboxylic acids is 2. The van der Waals surface area contributed by atoms with Crippen molar-refractivity contribution < 1.29 is 14.5 Å². The molecule has 3 aromatic rings. The van der Waals surface area contributed by atoms with Crippen LogP contribution >= 0.6 is 0 Å². The topological polar surface area (TPSA) is 83.8 Å². The highest BCUT2D eigenvalue weighted by Crippen LogP contribution is 2.34. The van der Waals surface area contributed by atoms with Crippen LogP contribution in [-0.2, 0) is 16.0 Å². The summed E-state index contributed by atoms with van der Waals surface area (Å²) in [5.74, 6) is -0.789. The highest BCUT2D eigenvalue weighted by atomic mass is 16.6. The number of para-hydroxylation sites is 1. The molecule has 0 atom stereocenters. The molecule has 0 radical (unpaired) electrons. The number of likely N-dealkylation sites (N-methyl/N-ethyl adjacent to an activating group) is 1. The molecule has 0 aromatic heterocycles. The van der Waals surface area contributed by atoms with Gasteiger partial charge < -0.3 is 4.90 Å². The minimum Gasteiger partial charge on any atom is -0.339 e. The van der Waals surface area contributed by atoms with Crippen molar-refractivity contribution in [1.82, 2.24) is 4.90 Å². The lowest BCUT2D eigenvalue weighted by Crippen LogP contribution is -2.35. The van der Waals surface area contributed by atoms with Crippen molar-refractivity contribution in [2.45, 2.75) is 6.42 Å². The Balaban J connectivity index is 1.72. The lowest BCUT2D eigenvalue weighted by atomic mass is 10.0. The zero-order valence-electron chi connectivity index (χ0n) is 17.5. The molecular formula is C25H21N3O4. The normalized spacial score (nSPS) is 13.6. The van der Waals surface area contributed by atoms with Gasteiger partial charge in [-0.2, -0.15) is 0 Å². The molecule has 0 unspecified atom stereocenters. The molecule has 0 saturated heterocycles. The van der Waals surface area contributed by atoms with E-state index in [1.807, 2.05) is 60.7 Å². The predicted molar refractivity (Wildman–Crippen MR) is 122 cm³/mol. The van der Waals surface area contributed by atoms with Gasteiger partial charge in [0.15, 0.2) is 0 Å². The monoisotopic (exact) mass is 427 g/mol. The summed E-state index contributed by atoms with van der Waals surface area (Å²) in [6.45, 7) is 0.240. The molecule has 0 aliphatic carbocycles. The molecule has 0 fully saturated rings. The molecule has 4 rings (SSSR count). The van der Waals surface area contributed by atoms with E-state index in [9.17, 15) is 19.7 Å². The zero-order valence-corrected chi connectivity index (χ0v) is 17.5. The smallest absolute Gasteiger partial charge is 0.278 e. The first kappa shape index (κ1) is 21.0. The summed E-state index contributed by atoms with van der Waals surface area (Å²) in [5.41, 5.74) is 2.66. The van der Waals surface area contributed by atoms with E-state index in [0.29, 0.717) is 12.0 Å². The SMILES string of the molecule is CN(C1=C(c2ccc([N+](=O)[O-])cc2)C(=O)N(CCc2ccccc2)C1=O)c1ccccc1. The van der Waals surface area contributed by atoms with Crippen molar-refractivity contribution in [2.75, 3.05) is 18.5 Å². The Labute approximate surface area is 185 Å². The maximum atomic E-state index is 13.4. The second-order valence-electron chi connectivity index (χ2n) is 7.42. The van der Waals surface area contributed by atoms with Crippen molar-refractivity contribution in [2.24, 2.45) is 0 Å². The lowest BCUT2D eigenvalue weighted by molar-refractivity contribution is -0.384. The minimum atomic E-state index is -0.497. The highest BCUT2D eigenvalue weighted by Gasteiger charge is 2.40. The summed E-state index contributed by atoms with van der Waals surface area (Å²) < 4.78 is 0. The zero-order chi connectivity index (χ0) is 22.7. The Morgan fingerprint density at radius 1 is 0.844 bits per heavy atom. The van der Waals surface area contributed by atoms with E-state index in [0.717, 1.165) is 11.3 Å². The van der Waals surface area contributed by atoms with Gasteiger partial charge in [-0.1, -0.05) is 48.5 Å². The van der Waals surface area contributed by atoms with Crippen molar-refractivity contribution in [3.8, 4) is 0 Å². The van der Waals surface area contributed by atoms with Crippen LogP contribution in [0.5, 0.6) is 0 Å². The number of hydrogen-bond donors (Lipinski definition) is 0. The van der Waals surface area contributed by atoms with Gasteiger partial charge in [-0.15, -0.1) is 0 Å². The molecule has 1 aliphatic heterocycles. The number of amides is 2. The largest absolute Gasteiger partial charge is 0.339 e. The summed E-state index contributed by atoms with van der Waals surface area (Å²) in [4.78, 5) is 40.3. The first-order valence-corrected chi connectivity index (χ1v) is 10.2. The first-order valence-electron chi connectivity index (χ1n) is 10.2. The van der Waals surface area contributed by atoms with Gasteiger partial charge in [0, 0.05) is 31.4 Å². The van der Waals surface area contributed by atoms with Crippen LogP contribution in [0.15, 0.2) is 90.6 Å². The number of nitro groups is 1. The summed E-state index contributed by atoms with van der Waals surface area (Å²) in [6, 6.07) is 24.6. The molecule has 7 nitrogen and oxygen atoms in total. The third-order valence-electron chi connectivity index (χ3n) is 5.46. The van der Waals surface area contributed by atoms with E-state index >= 15 is 0 Å². The fourth-order valence-electron chi connectivity index (χ4n) is 3.75. The van der Waals surface area contributed by atoms with Crippen molar-refractivity contribution in [3.63, 3.8) is 0 Å². The van der Waals surface area contributed by atoms with Crippen LogP contribution in [0.3, 0.4) is 0 Å². The van der Waals surface area contributed by atoms with Crippen LogP contribution in [-0.4, -0.2) is 35.2 Å². The van der Waals surface area contributed by atoms with E-state index in [4.69, 9.17) is 0 Å². The van der Waals surface area contributed by atoms with Crippen LogP contribution in [0, 0.1) is 10.1 Å². The predicted octanol–water partition coefficient (Wildman–Crippen LogP) is 4.05. The number of nitrogens with zero attached hydrogens (tertiary/aromatic N) is 3. The van der Waals surface area contributed by atoms with Crippen molar-refractivity contribution >= 4 is 28.8 Å². The highest BCUT2D eigenvalue weighted by molar-refractivity contribution is 6.36. The summed E-state index contributed by atoms with van der Waals surface area (Å²) in [6.07, 6.45) is 0.536. The van der Waals surface area contributed by atoms with Crippen LogP contribution in [0.2, 0.25) is 0 Å². The van der Waals surface area contributed by atoms with Crippen molar-refractivity contribution in [1.29, 1.82) is 0 Å². The van der Waals surface area contributed by atoms with Gasteiger partial charge in [0.25, 0.3) is 17.5 Å². The number of hydrogen-bond acceptors (Lipinski definition) is 5. The third kappa shape index (κ3) is 4.00. The van der Waals surface area contributed by atoms with E-state index in [2.05, 4.69) is 0 Å². The summed E-state index contributed by atoms with van der Waals surface area (Å²) >= 11 is 0. The second-order valence-corrected chi connectivity index (χ2v) is 7.42. The molecule has 2 amide bonds. The fraction of sp³-hybridized carbons (Fsp3) is 0.120. The molecule has 1 aliphatic rings. The molecule has 1 heterocycles. The van der Waals surface area contributed by atoms with Crippen LogP contribution in [0.1, 0.15) is 11.1 Å².